The summed E-state index contributed by atoms with van der Waals surface area (Å²) in [6.07, 6.45) is 1.85. The zero-order chi connectivity index (χ0) is 17.2. The lowest BCUT2D eigenvalue weighted by Crippen LogP contribution is -2.48. The summed E-state index contributed by atoms with van der Waals surface area (Å²) < 4.78 is 1.22. The van der Waals surface area contributed by atoms with Gasteiger partial charge in [0.25, 0.3) is 11.9 Å². The van der Waals surface area contributed by atoms with E-state index >= 15 is 0 Å². The van der Waals surface area contributed by atoms with Gasteiger partial charge < -0.3 is 5.21 Å². The van der Waals surface area contributed by atoms with Crippen LogP contribution in [0.1, 0.15) is 32.8 Å². The van der Waals surface area contributed by atoms with Crippen molar-refractivity contribution in [1.82, 2.24) is 4.90 Å². The number of benzene rings is 1. The summed E-state index contributed by atoms with van der Waals surface area (Å²) in [5, 5.41) is 23.6. The molecule has 1 saturated heterocycles. The maximum atomic E-state index is 12.7. The highest BCUT2D eigenvalue weighted by atomic mass is 32.2. The summed E-state index contributed by atoms with van der Waals surface area (Å²) in [5.41, 5.74) is 0.470. The molecule has 1 unspecified atom stereocenters. The Morgan fingerprint density at radius 3 is 2.74 bits per heavy atom. The van der Waals surface area contributed by atoms with Crippen LogP contribution in [0.4, 0.5) is 5.69 Å². The van der Waals surface area contributed by atoms with Gasteiger partial charge in [0, 0.05) is 24.2 Å². The van der Waals surface area contributed by atoms with Gasteiger partial charge in [-0.3, -0.25) is 15.0 Å². The Kier molecular flexibility index (Phi) is 5.26. The number of nitrogens with zero attached hydrogens (tertiary/aromatic N) is 3. The van der Waals surface area contributed by atoms with Crippen molar-refractivity contribution in [3.05, 3.63) is 45.2 Å². The molecule has 0 amide bonds. The highest BCUT2D eigenvalue weighted by Gasteiger charge is 2.49. The molecule has 8 heteroatoms. The minimum Gasteiger partial charge on any atom is -0.622 e. The maximum absolute atomic E-state index is 12.7. The molecule has 0 saturated carbocycles. The first-order valence-corrected chi connectivity index (χ1v) is 8.53. The van der Waals surface area contributed by atoms with E-state index < -0.39 is 11.1 Å². The average Bonchev–Trinajstić information content (AvgIpc) is 2.68. The standard InChI is InChI=1S/C15H19N3O3S2/c1-4-8-16-13(15(2,3)23-14(16)22)17(19)10-11-6-5-7-12(9-11)18(20)21/h5-7,9-10,13H,4,8H2,1-3H3/b17-10-. The van der Waals surface area contributed by atoms with Crippen molar-refractivity contribution < 1.29 is 9.66 Å². The molecule has 1 aromatic carbocycles. The van der Waals surface area contributed by atoms with Crippen LogP contribution in [-0.4, -0.2) is 42.6 Å². The monoisotopic (exact) mass is 353 g/mol. The van der Waals surface area contributed by atoms with Crippen molar-refractivity contribution in [2.45, 2.75) is 38.1 Å². The number of hydrogen-bond acceptors (Lipinski definition) is 5. The van der Waals surface area contributed by atoms with E-state index in [-0.39, 0.29) is 10.4 Å². The minimum atomic E-state index is -0.472. The van der Waals surface area contributed by atoms with E-state index in [1.54, 1.807) is 12.1 Å². The fourth-order valence-corrected chi connectivity index (χ4v) is 4.58. The van der Waals surface area contributed by atoms with E-state index in [1.807, 2.05) is 25.7 Å². The Labute approximate surface area is 144 Å². The summed E-state index contributed by atoms with van der Waals surface area (Å²) in [4.78, 5) is 12.3. The van der Waals surface area contributed by atoms with Crippen LogP contribution in [0.5, 0.6) is 0 Å². The van der Waals surface area contributed by atoms with Gasteiger partial charge in [0.1, 0.15) is 9.07 Å². The largest absolute Gasteiger partial charge is 0.622 e. The quantitative estimate of drug-likeness (QED) is 0.202. The van der Waals surface area contributed by atoms with Gasteiger partial charge in [0.2, 0.25) is 0 Å². The number of nitro groups is 1. The van der Waals surface area contributed by atoms with E-state index in [4.69, 9.17) is 12.2 Å². The van der Waals surface area contributed by atoms with E-state index in [0.29, 0.717) is 12.1 Å². The van der Waals surface area contributed by atoms with Crippen LogP contribution in [-0.2, 0) is 0 Å². The zero-order valence-electron chi connectivity index (χ0n) is 13.3. The molecule has 0 aromatic heterocycles. The Balaban J connectivity index is 2.36. The number of rotatable bonds is 5. The van der Waals surface area contributed by atoms with Crippen LogP contribution < -0.4 is 0 Å². The van der Waals surface area contributed by atoms with E-state index in [1.165, 1.54) is 30.1 Å². The second-order valence-corrected chi connectivity index (χ2v) is 8.17. The molecule has 1 aliphatic rings. The first kappa shape index (κ1) is 17.7. The average molecular weight is 353 g/mol. The number of hydrogen-bond donors (Lipinski definition) is 0. The molecule has 23 heavy (non-hydrogen) atoms. The number of thiocarbonyl (C=S) groups is 1. The third-order valence-electron chi connectivity index (χ3n) is 3.56. The van der Waals surface area contributed by atoms with Crippen molar-refractivity contribution in [1.29, 1.82) is 0 Å². The molecule has 2 rings (SSSR count). The van der Waals surface area contributed by atoms with Gasteiger partial charge in [-0.05, 0) is 26.3 Å². The zero-order valence-corrected chi connectivity index (χ0v) is 14.9. The van der Waals surface area contributed by atoms with Gasteiger partial charge >= 0.3 is 0 Å². The minimum absolute atomic E-state index is 0.0341. The van der Waals surface area contributed by atoms with E-state index in [9.17, 15) is 15.3 Å². The molecular weight excluding hydrogens is 334 g/mol. The SMILES string of the molecule is CCCN1C(=S)SC(C)(C)C1/[N+]([O-])=C/c1cccc([N+](=O)[O-])c1. The molecule has 0 N–H and O–H groups in total. The molecule has 124 valence electrons. The van der Waals surface area contributed by atoms with Crippen molar-refractivity contribution in [3.63, 3.8) is 0 Å². The predicted octanol–water partition coefficient (Wildman–Crippen LogP) is 3.37. The second kappa shape index (κ2) is 6.84. The van der Waals surface area contributed by atoms with E-state index in [2.05, 4.69) is 0 Å². The third-order valence-corrected chi connectivity index (χ3v) is 5.20. The normalized spacial score (nSPS) is 20.8. The lowest BCUT2D eigenvalue weighted by atomic mass is 10.1. The molecule has 1 aliphatic heterocycles. The van der Waals surface area contributed by atoms with Gasteiger partial charge in [-0.1, -0.05) is 37.0 Å². The smallest absolute Gasteiger partial charge is 0.270 e. The molecule has 0 spiro atoms. The second-order valence-electron chi connectivity index (χ2n) is 5.88. The Morgan fingerprint density at radius 2 is 2.13 bits per heavy atom. The van der Waals surface area contributed by atoms with Gasteiger partial charge in [0.15, 0.2) is 6.21 Å². The molecule has 1 heterocycles. The summed E-state index contributed by atoms with van der Waals surface area (Å²) in [5.74, 6) is 0. The van der Waals surface area contributed by atoms with Crippen LogP contribution in [0.3, 0.4) is 0 Å². The number of thioether (sulfide) groups is 1. The summed E-state index contributed by atoms with van der Waals surface area (Å²) in [6, 6.07) is 6.04. The molecule has 1 fully saturated rings. The van der Waals surface area contributed by atoms with Crippen LogP contribution in [0, 0.1) is 15.3 Å². The number of hydroxylamine groups is 1. The topological polar surface area (TPSA) is 72.5 Å². The molecule has 0 aliphatic carbocycles. The van der Waals surface area contributed by atoms with Crippen LogP contribution in [0.2, 0.25) is 0 Å². The Morgan fingerprint density at radius 1 is 1.43 bits per heavy atom. The van der Waals surface area contributed by atoms with Gasteiger partial charge in [-0.25, -0.2) is 0 Å². The third kappa shape index (κ3) is 3.81. The number of nitro benzene ring substituents is 1. The molecule has 0 bridgehead atoms. The summed E-state index contributed by atoms with van der Waals surface area (Å²) in [7, 11) is 0. The molecule has 6 nitrogen and oxygen atoms in total. The highest BCUT2D eigenvalue weighted by Crippen LogP contribution is 2.41. The van der Waals surface area contributed by atoms with Crippen molar-refractivity contribution in [2.75, 3.05) is 6.54 Å². The fourth-order valence-electron chi connectivity index (χ4n) is 2.65. The van der Waals surface area contributed by atoms with Gasteiger partial charge in [0.05, 0.1) is 4.92 Å². The summed E-state index contributed by atoms with van der Waals surface area (Å²) >= 11 is 6.90. The van der Waals surface area contributed by atoms with Crippen molar-refractivity contribution >= 4 is 40.2 Å². The maximum Gasteiger partial charge on any atom is 0.270 e. The van der Waals surface area contributed by atoms with Crippen LogP contribution in [0.15, 0.2) is 24.3 Å². The van der Waals surface area contributed by atoms with Crippen molar-refractivity contribution in [3.8, 4) is 0 Å². The van der Waals surface area contributed by atoms with Gasteiger partial charge in [-0.15, -0.1) is 0 Å². The lowest BCUT2D eigenvalue weighted by molar-refractivity contribution is -0.523. The summed E-state index contributed by atoms with van der Waals surface area (Å²) in [6.45, 7) is 6.71. The fraction of sp³-hybridized carbons (Fsp3) is 0.467. The Hall–Kier alpha value is -1.67. The molecule has 1 atom stereocenters. The molecule has 0 radical (unpaired) electrons. The molecule has 1 aromatic rings. The van der Waals surface area contributed by atoms with Gasteiger partial charge in [-0.2, -0.15) is 4.74 Å². The first-order chi connectivity index (χ1) is 10.8. The highest BCUT2D eigenvalue weighted by molar-refractivity contribution is 8.24. The van der Waals surface area contributed by atoms with E-state index in [0.717, 1.165) is 15.5 Å². The molecular formula is C15H19N3O3S2. The lowest BCUT2D eigenvalue weighted by Gasteiger charge is -2.29. The van der Waals surface area contributed by atoms with Crippen molar-refractivity contribution in [2.24, 2.45) is 0 Å². The Bertz CT molecular complexity index is 661. The first-order valence-electron chi connectivity index (χ1n) is 7.30. The predicted molar refractivity (Wildman–Crippen MR) is 96.9 cm³/mol. The van der Waals surface area contributed by atoms with Crippen LogP contribution >= 0.6 is 24.0 Å². The van der Waals surface area contributed by atoms with Crippen LogP contribution in [0.25, 0.3) is 0 Å². The number of non-ortho nitro benzene ring substituents is 1.